The van der Waals surface area contributed by atoms with E-state index >= 15 is 0 Å². The lowest BCUT2D eigenvalue weighted by Gasteiger charge is -2.02. The van der Waals surface area contributed by atoms with E-state index in [4.69, 9.17) is 13.0 Å². The summed E-state index contributed by atoms with van der Waals surface area (Å²) in [4.78, 5) is 0. The maximum absolute atomic E-state index is 9.01. The predicted molar refractivity (Wildman–Crippen MR) is 45.9 cm³/mol. The first-order valence-corrected chi connectivity index (χ1v) is 3.65. The molecule has 1 nitrogen and oxygen atoms in total. The van der Waals surface area contributed by atoms with Crippen LogP contribution in [0.25, 0.3) is 0 Å². The zero-order valence-electron chi connectivity index (χ0n) is 5.56. The van der Waals surface area contributed by atoms with E-state index in [1.165, 1.54) is 6.07 Å². The molecule has 1 aromatic rings. The molecule has 0 saturated heterocycles. The van der Waals surface area contributed by atoms with Crippen LogP contribution in [-0.4, -0.2) is 13.0 Å². The SMILES string of the molecule is [B]c1cc(O)cc(Br)c1C. The van der Waals surface area contributed by atoms with Crippen LogP contribution >= 0.6 is 15.9 Å². The molecule has 0 aliphatic heterocycles. The summed E-state index contributed by atoms with van der Waals surface area (Å²) in [6.45, 7) is 1.89. The van der Waals surface area contributed by atoms with Crippen LogP contribution in [-0.2, 0) is 0 Å². The van der Waals surface area contributed by atoms with Gasteiger partial charge in [-0.1, -0.05) is 21.4 Å². The van der Waals surface area contributed by atoms with Crippen LogP contribution in [0.3, 0.4) is 0 Å². The Hall–Kier alpha value is -0.435. The number of hydrogen-bond donors (Lipinski definition) is 1. The van der Waals surface area contributed by atoms with Crippen LogP contribution in [0.2, 0.25) is 0 Å². The number of hydrogen-bond acceptors (Lipinski definition) is 1. The van der Waals surface area contributed by atoms with Crippen LogP contribution in [0.15, 0.2) is 16.6 Å². The van der Waals surface area contributed by atoms with Crippen molar-refractivity contribution in [3.63, 3.8) is 0 Å². The molecule has 1 aromatic carbocycles. The standard InChI is InChI=1S/C7H6BBrO/c1-4-6(8)2-5(10)3-7(4)9/h2-3,10H,1H3. The van der Waals surface area contributed by atoms with Crippen LogP contribution in [0.1, 0.15) is 5.56 Å². The van der Waals surface area contributed by atoms with Crippen LogP contribution in [0.4, 0.5) is 0 Å². The second kappa shape index (κ2) is 2.66. The van der Waals surface area contributed by atoms with Gasteiger partial charge in [-0.2, -0.15) is 0 Å². The molecule has 1 rings (SSSR count). The van der Waals surface area contributed by atoms with Crippen LogP contribution in [0, 0.1) is 6.92 Å². The summed E-state index contributed by atoms with van der Waals surface area (Å²) in [5.41, 5.74) is 1.56. The Balaban J connectivity index is 3.31. The Morgan fingerprint density at radius 2 is 2.10 bits per heavy atom. The Morgan fingerprint density at radius 3 is 2.60 bits per heavy atom. The Morgan fingerprint density at radius 1 is 1.50 bits per heavy atom. The van der Waals surface area contributed by atoms with Gasteiger partial charge in [0.2, 0.25) is 0 Å². The molecule has 0 amide bonds. The number of benzene rings is 1. The van der Waals surface area contributed by atoms with E-state index in [9.17, 15) is 0 Å². The summed E-state index contributed by atoms with van der Waals surface area (Å²) in [7, 11) is 5.53. The quantitative estimate of drug-likeness (QED) is 0.620. The molecule has 50 valence electrons. The van der Waals surface area contributed by atoms with Gasteiger partial charge in [0.25, 0.3) is 0 Å². The van der Waals surface area contributed by atoms with Crippen molar-refractivity contribution in [2.24, 2.45) is 0 Å². The monoisotopic (exact) mass is 196 g/mol. The van der Waals surface area contributed by atoms with Crippen molar-refractivity contribution in [3.05, 3.63) is 22.2 Å². The van der Waals surface area contributed by atoms with Gasteiger partial charge in [-0.25, -0.2) is 0 Å². The van der Waals surface area contributed by atoms with Crippen molar-refractivity contribution in [3.8, 4) is 5.75 Å². The maximum Gasteiger partial charge on any atom is 0.116 e. The Labute approximate surface area is 69.6 Å². The zero-order chi connectivity index (χ0) is 7.72. The minimum atomic E-state index is 0.190. The van der Waals surface area contributed by atoms with Crippen molar-refractivity contribution < 1.29 is 5.11 Å². The third kappa shape index (κ3) is 1.35. The summed E-state index contributed by atoms with van der Waals surface area (Å²) in [6, 6.07) is 3.14. The van der Waals surface area contributed by atoms with E-state index < -0.39 is 0 Å². The molecule has 1 N–H and O–H groups in total. The molecular weight excluding hydrogens is 191 g/mol. The van der Waals surface area contributed by atoms with Gasteiger partial charge in [0.05, 0.1) is 0 Å². The molecular formula is C7H6BBrO. The first-order valence-electron chi connectivity index (χ1n) is 2.86. The fourth-order valence-corrected chi connectivity index (χ4v) is 1.15. The topological polar surface area (TPSA) is 20.2 Å². The molecule has 0 spiro atoms. The second-order valence-electron chi connectivity index (χ2n) is 2.14. The van der Waals surface area contributed by atoms with E-state index in [2.05, 4.69) is 15.9 Å². The van der Waals surface area contributed by atoms with E-state index in [0.29, 0.717) is 5.46 Å². The van der Waals surface area contributed by atoms with Crippen molar-refractivity contribution in [2.75, 3.05) is 0 Å². The van der Waals surface area contributed by atoms with Gasteiger partial charge in [0.1, 0.15) is 13.6 Å². The number of rotatable bonds is 0. The highest BCUT2D eigenvalue weighted by Crippen LogP contribution is 2.18. The second-order valence-corrected chi connectivity index (χ2v) is 3.00. The van der Waals surface area contributed by atoms with E-state index in [0.717, 1.165) is 10.0 Å². The average Bonchev–Trinajstić information content (AvgIpc) is 1.82. The maximum atomic E-state index is 9.01. The summed E-state index contributed by atoms with van der Waals surface area (Å²) >= 11 is 3.26. The summed E-state index contributed by atoms with van der Waals surface area (Å²) in [5, 5.41) is 9.01. The summed E-state index contributed by atoms with van der Waals surface area (Å²) in [5.74, 6) is 0.190. The van der Waals surface area contributed by atoms with Gasteiger partial charge in [-0.15, -0.1) is 0 Å². The predicted octanol–water partition coefficient (Wildman–Crippen LogP) is 1.26. The normalized spacial score (nSPS) is 9.80. The molecule has 2 radical (unpaired) electrons. The summed E-state index contributed by atoms with van der Waals surface area (Å²) in [6.07, 6.45) is 0. The van der Waals surface area contributed by atoms with Gasteiger partial charge in [-0.3, -0.25) is 0 Å². The molecule has 0 bridgehead atoms. The van der Waals surface area contributed by atoms with Crippen LogP contribution < -0.4 is 5.46 Å². The van der Waals surface area contributed by atoms with Crippen molar-refractivity contribution in [1.82, 2.24) is 0 Å². The van der Waals surface area contributed by atoms with E-state index in [-0.39, 0.29) is 5.75 Å². The highest BCUT2D eigenvalue weighted by atomic mass is 79.9. The Kier molecular flexibility index (Phi) is 2.04. The fourth-order valence-electron chi connectivity index (χ4n) is 0.685. The minimum absolute atomic E-state index is 0.190. The van der Waals surface area contributed by atoms with Gasteiger partial charge in [-0.05, 0) is 24.6 Å². The number of phenols is 1. The molecule has 0 atom stereocenters. The van der Waals surface area contributed by atoms with Crippen molar-refractivity contribution in [1.29, 1.82) is 0 Å². The smallest absolute Gasteiger partial charge is 0.116 e. The first kappa shape index (κ1) is 7.67. The van der Waals surface area contributed by atoms with E-state index in [1.807, 2.05) is 6.92 Å². The highest BCUT2D eigenvalue weighted by Gasteiger charge is 1.98. The largest absolute Gasteiger partial charge is 0.508 e. The molecule has 0 unspecified atom stereocenters. The lowest BCUT2D eigenvalue weighted by Crippen LogP contribution is -2.06. The number of halogens is 1. The lowest BCUT2D eigenvalue weighted by atomic mass is 9.91. The molecule has 10 heavy (non-hydrogen) atoms. The average molecular weight is 197 g/mol. The van der Waals surface area contributed by atoms with Crippen LogP contribution in [0.5, 0.6) is 5.75 Å². The number of phenolic OH excluding ortho intramolecular Hbond substituents is 1. The highest BCUT2D eigenvalue weighted by molar-refractivity contribution is 9.10. The number of aromatic hydroxyl groups is 1. The van der Waals surface area contributed by atoms with Gasteiger partial charge >= 0.3 is 0 Å². The van der Waals surface area contributed by atoms with Gasteiger partial charge in [0.15, 0.2) is 0 Å². The molecule has 0 aromatic heterocycles. The van der Waals surface area contributed by atoms with Gasteiger partial charge in [0, 0.05) is 4.47 Å². The Bertz CT molecular complexity index is 237. The molecule has 3 heteroatoms. The van der Waals surface area contributed by atoms with Crippen molar-refractivity contribution >= 4 is 29.2 Å². The molecule has 0 aliphatic carbocycles. The summed E-state index contributed by atoms with van der Waals surface area (Å²) < 4.78 is 0.838. The lowest BCUT2D eigenvalue weighted by molar-refractivity contribution is 0.475. The zero-order valence-corrected chi connectivity index (χ0v) is 7.14. The van der Waals surface area contributed by atoms with Crippen molar-refractivity contribution in [2.45, 2.75) is 6.92 Å². The molecule has 0 fully saturated rings. The third-order valence-electron chi connectivity index (χ3n) is 1.37. The molecule has 0 saturated carbocycles. The first-order chi connectivity index (χ1) is 4.61. The molecule has 0 aliphatic rings. The minimum Gasteiger partial charge on any atom is -0.508 e. The third-order valence-corrected chi connectivity index (χ3v) is 2.19. The van der Waals surface area contributed by atoms with Gasteiger partial charge < -0.3 is 5.11 Å². The fraction of sp³-hybridized carbons (Fsp3) is 0.143. The molecule has 0 heterocycles. The van der Waals surface area contributed by atoms with E-state index in [1.54, 1.807) is 6.07 Å².